The van der Waals surface area contributed by atoms with Crippen LogP contribution in [0.2, 0.25) is 0 Å². The molecule has 2 aromatic rings. The zero-order valence-electron chi connectivity index (χ0n) is 10.6. The van der Waals surface area contributed by atoms with E-state index in [-0.39, 0.29) is 11.9 Å². The maximum Gasteiger partial charge on any atom is 0.243 e. The van der Waals surface area contributed by atoms with Gasteiger partial charge in [0.2, 0.25) is 5.91 Å². The van der Waals surface area contributed by atoms with Crippen LogP contribution in [0, 0.1) is 6.92 Å². The van der Waals surface area contributed by atoms with E-state index in [1.54, 1.807) is 11.3 Å². The van der Waals surface area contributed by atoms with E-state index in [1.165, 1.54) is 0 Å². The average Bonchev–Trinajstić information content (AvgIpc) is 2.79. The lowest BCUT2D eigenvalue weighted by molar-refractivity contribution is -0.120. The van der Waals surface area contributed by atoms with Gasteiger partial charge in [-0.3, -0.25) is 4.79 Å². The summed E-state index contributed by atoms with van der Waals surface area (Å²) in [5.74, 6) is -0.0553. The lowest BCUT2D eigenvalue weighted by Crippen LogP contribution is -2.48. The monoisotopic (exact) mass is 277 g/mol. The Morgan fingerprint density at radius 1 is 1.58 bits per heavy atom. The van der Waals surface area contributed by atoms with E-state index in [0.29, 0.717) is 19.8 Å². The van der Waals surface area contributed by atoms with Crippen molar-refractivity contribution in [3.63, 3.8) is 0 Å². The molecule has 1 aliphatic heterocycles. The van der Waals surface area contributed by atoms with E-state index in [2.05, 4.69) is 15.6 Å². The molecular formula is C13H15N3O2S. The average molecular weight is 277 g/mol. The Morgan fingerprint density at radius 3 is 3.26 bits per heavy atom. The second-order valence-electron chi connectivity index (χ2n) is 4.49. The third kappa shape index (κ3) is 2.75. The number of benzene rings is 1. The fraction of sp³-hybridized carbons (Fsp3) is 0.385. The van der Waals surface area contributed by atoms with Crippen molar-refractivity contribution in [2.24, 2.45) is 0 Å². The molecule has 19 heavy (non-hydrogen) atoms. The van der Waals surface area contributed by atoms with E-state index in [0.717, 1.165) is 20.9 Å². The van der Waals surface area contributed by atoms with Crippen LogP contribution in [-0.4, -0.2) is 36.7 Å². The molecular weight excluding hydrogens is 262 g/mol. The minimum Gasteiger partial charge on any atom is -0.378 e. The molecule has 1 aromatic carbocycles. The zero-order valence-corrected chi connectivity index (χ0v) is 11.4. The van der Waals surface area contributed by atoms with E-state index in [9.17, 15) is 4.79 Å². The van der Waals surface area contributed by atoms with Crippen molar-refractivity contribution in [3.05, 3.63) is 23.2 Å². The number of fused-ring (bicyclic) bond motifs is 1. The zero-order chi connectivity index (χ0) is 13.2. The fourth-order valence-electron chi connectivity index (χ4n) is 2.08. The quantitative estimate of drug-likeness (QED) is 0.874. The maximum atomic E-state index is 12.0. The van der Waals surface area contributed by atoms with Crippen LogP contribution < -0.4 is 10.6 Å². The third-order valence-corrected chi connectivity index (χ3v) is 3.93. The number of anilines is 1. The van der Waals surface area contributed by atoms with Gasteiger partial charge in [0.15, 0.2) is 0 Å². The van der Waals surface area contributed by atoms with Crippen molar-refractivity contribution in [1.82, 2.24) is 10.3 Å². The Labute approximate surface area is 115 Å². The Hall–Kier alpha value is -1.50. The second kappa shape index (κ2) is 5.24. The number of thiazole rings is 1. The number of hydrogen-bond donors (Lipinski definition) is 2. The summed E-state index contributed by atoms with van der Waals surface area (Å²) in [6, 6.07) is 5.50. The number of aromatic nitrogens is 1. The summed E-state index contributed by atoms with van der Waals surface area (Å²) in [6.45, 7) is 3.78. The van der Waals surface area contributed by atoms with E-state index in [4.69, 9.17) is 4.74 Å². The van der Waals surface area contributed by atoms with Crippen molar-refractivity contribution < 1.29 is 9.53 Å². The number of amides is 1. The number of rotatable bonds is 2. The van der Waals surface area contributed by atoms with Crippen LogP contribution in [-0.2, 0) is 9.53 Å². The van der Waals surface area contributed by atoms with Gasteiger partial charge in [0.1, 0.15) is 6.04 Å². The summed E-state index contributed by atoms with van der Waals surface area (Å²) in [5.41, 5.74) is 1.77. The number of ether oxygens (including phenoxy) is 1. The maximum absolute atomic E-state index is 12.0. The molecule has 0 radical (unpaired) electrons. The smallest absolute Gasteiger partial charge is 0.243 e. The van der Waals surface area contributed by atoms with Crippen molar-refractivity contribution in [3.8, 4) is 0 Å². The molecule has 1 fully saturated rings. The molecule has 1 unspecified atom stereocenters. The van der Waals surface area contributed by atoms with Gasteiger partial charge in [0.05, 0.1) is 28.4 Å². The standard InChI is InChI=1S/C13H15N3O2S/c1-8-15-10-3-2-9(6-12(10)19-8)16-13(17)11-7-18-5-4-14-11/h2-3,6,11,14H,4-5,7H2,1H3,(H,16,17). The molecule has 1 aliphatic rings. The lowest BCUT2D eigenvalue weighted by Gasteiger charge is -2.22. The summed E-state index contributed by atoms with van der Waals surface area (Å²) in [6.07, 6.45) is 0. The summed E-state index contributed by atoms with van der Waals surface area (Å²) in [4.78, 5) is 16.4. The van der Waals surface area contributed by atoms with Gasteiger partial charge in [0, 0.05) is 12.2 Å². The predicted molar refractivity (Wildman–Crippen MR) is 75.6 cm³/mol. The highest BCUT2D eigenvalue weighted by Gasteiger charge is 2.21. The lowest BCUT2D eigenvalue weighted by atomic mass is 10.2. The molecule has 0 aliphatic carbocycles. The van der Waals surface area contributed by atoms with Gasteiger partial charge in [-0.05, 0) is 25.1 Å². The number of carbonyl (C=O) groups is 1. The Balaban J connectivity index is 1.74. The van der Waals surface area contributed by atoms with Gasteiger partial charge in [-0.15, -0.1) is 11.3 Å². The SMILES string of the molecule is Cc1nc2ccc(NC(=O)C3COCCN3)cc2s1. The second-order valence-corrected chi connectivity index (χ2v) is 5.72. The molecule has 100 valence electrons. The van der Waals surface area contributed by atoms with Crippen molar-refractivity contribution in [2.75, 3.05) is 25.1 Å². The molecule has 0 saturated carbocycles. The van der Waals surface area contributed by atoms with Crippen LogP contribution in [0.1, 0.15) is 5.01 Å². The first kappa shape index (κ1) is 12.5. The number of hydrogen-bond acceptors (Lipinski definition) is 5. The Kier molecular flexibility index (Phi) is 3.46. The normalized spacial score (nSPS) is 19.5. The number of morpholine rings is 1. The topological polar surface area (TPSA) is 63.2 Å². The molecule has 2 N–H and O–H groups in total. The fourth-order valence-corrected chi connectivity index (χ4v) is 2.95. The highest BCUT2D eigenvalue weighted by molar-refractivity contribution is 7.18. The molecule has 3 rings (SSSR count). The van der Waals surface area contributed by atoms with E-state index in [1.807, 2.05) is 25.1 Å². The first-order valence-corrected chi connectivity index (χ1v) is 7.03. The number of aryl methyl sites for hydroxylation is 1. The summed E-state index contributed by atoms with van der Waals surface area (Å²) in [7, 11) is 0. The van der Waals surface area contributed by atoms with Crippen LogP contribution in [0.25, 0.3) is 10.2 Å². The largest absolute Gasteiger partial charge is 0.378 e. The minimum atomic E-state index is -0.271. The van der Waals surface area contributed by atoms with E-state index < -0.39 is 0 Å². The summed E-state index contributed by atoms with van der Waals surface area (Å²) >= 11 is 1.63. The number of carbonyl (C=O) groups excluding carboxylic acids is 1. The first-order valence-electron chi connectivity index (χ1n) is 6.21. The van der Waals surface area contributed by atoms with Gasteiger partial charge in [0.25, 0.3) is 0 Å². The molecule has 5 nitrogen and oxygen atoms in total. The van der Waals surface area contributed by atoms with Gasteiger partial charge in [-0.2, -0.15) is 0 Å². The first-order chi connectivity index (χ1) is 9.22. The molecule has 1 amide bonds. The van der Waals surface area contributed by atoms with Crippen molar-refractivity contribution in [2.45, 2.75) is 13.0 Å². The molecule has 6 heteroatoms. The van der Waals surface area contributed by atoms with Crippen molar-refractivity contribution >= 4 is 33.1 Å². The summed E-state index contributed by atoms with van der Waals surface area (Å²) < 4.78 is 6.37. The molecule has 2 heterocycles. The minimum absolute atomic E-state index is 0.0553. The van der Waals surface area contributed by atoms with Crippen LogP contribution >= 0.6 is 11.3 Å². The van der Waals surface area contributed by atoms with Gasteiger partial charge >= 0.3 is 0 Å². The van der Waals surface area contributed by atoms with Crippen LogP contribution in [0.4, 0.5) is 5.69 Å². The summed E-state index contributed by atoms with van der Waals surface area (Å²) in [5, 5.41) is 7.07. The number of nitrogens with one attached hydrogen (secondary N) is 2. The Bertz CT molecular complexity index is 605. The highest BCUT2D eigenvalue weighted by atomic mass is 32.1. The van der Waals surface area contributed by atoms with Gasteiger partial charge in [-0.1, -0.05) is 0 Å². The molecule has 0 spiro atoms. The Morgan fingerprint density at radius 2 is 2.47 bits per heavy atom. The van der Waals surface area contributed by atoms with Crippen molar-refractivity contribution in [1.29, 1.82) is 0 Å². The van der Waals surface area contributed by atoms with E-state index >= 15 is 0 Å². The highest BCUT2D eigenvalue weighted by Crippen LogP contribution is 2.24. The van der Waals surface area contributed by atoms with Gasteiger partial charge < -0.3 is 15.4 Å². The molecule has 1 atom stereocenters. The number of nitrogens with zero attached hydrogens (tertiary/aromatic N) is 1. The molecule has 1 saturated heterocycles. The molecule has 0 bridgehead atoms. The third-order valence-electron chi connectivity index (χ3n) is 3.00. The van der Waals surface area contributed by atoms with Crippen LogP contribution in [0.15, 0.2) is 18.2 Å². The van der Waals surface area contributed by atoms with Crippen LogP contribution in [0.5, 0.6) is 0 Å². The molecule has 1 aromatic heterocycles. The van der Waals surface area contributed by atoms with Crippen LogP contribution in [0.3, 0.4) is 0 Å². The predicted octanol–water partition coefficient (Wildman–Crippen LogP) is 1.53. The van der Waals surface area contributed by atoms with Gasteiger partial charge in [-0.25, -0.2) is 4.98 Å².